The van der Waals surface area contributed by atoms with Gasteiger partial charge in [0.2, 0.25) is 5.95 Å². The van der Waals surface area contributed by atoms with Gasteiger partial charge in [-0.25, -0.2) is 24.3 Å². The molecule has 0 aromatic carbocycles. The maximum absolute atomic E-state index is 14.8. The Kier molecular flexibility index (Phi) is 6.08. The van der Waals surface area contributed by atoms with E-state index in [9.17, 15) is 4.39 Å². The van der Waals surface area contributed by atoms with Gasteiger partial charge in [0.25, 0.3) is 0 Å². The summed E-state index contributed by atoms with van der Waals surface area (Å²) in [6.07, 6.45) is 4.67. The topological polar surface area (TPSA) is 87.9 Å². The minimum absolute atomic E-state index is 0.187. The van der Waals surface area contributed by atoms with Crippen molar-refractivity contribution in [2.24, 2.45) is 18.9 Å². The summed E-state index contributed by atoms with van der Waals surface area (Å²) in [5.74, 6) is 2.21. The van der Waals surface area contributed by atoms with Gasteiger partial charge < -0.3 is 10.2 Å². The molecule has 4 aromatic rings. The number of pyridine rings is 2. The first kappa shape index (κ1) is 23.9. The lowest BCUT2D eigenvalue weighted by atomic mass is 10.0. The summed E-state index contributed by atoms with van der Waals surface area (Å²) in [5.41, 5.74) is 3.63. The van der Waals surface area contributed by atoms with E-state index in [1.165, 1.54) is 24.8 Å². The summed E-state index contributed by atoms with van der Waals surface area (Å²) in [4.78, 5) is 22.6. The standard InChI is InChI=1S/C27H32FN9/c1-16(2)25-21-7-18(9-30-26(21)34-36(25)4)24-22(28)10-31-27(33-24)32-23-6-5-17(8-29-23)11-37-14-19-12-35(3)13-20(19)15-37/h5-10,16,19-20H,11-15H2,1-4H3,(H,29,31,32,33). The number of aryl methyl sites for hydroxylation is 1. The Hall–Kier alpha value is -3.50. The number of nitrogens with zero attached hydrogens (tertiary/aromatic N) is 8. The minimum Gasteiger partial charge on any atom is -0.309 e. The third-order valence-electron chi connectivity index (χ3n) is 7.52. The van der Waals surface area contributed by atoms with Gasteiger partial charge in [-0.1, -0.05) is 19.9 Å². The zero-order chi connectivity index (χ0) is 25.7. The Morgan fingerprint density at radius 1 is 1.00 bits per heavy atom. The Balaban J connectivity index is 1.18. The van der Waals surface area contributed by atoms with Crippen LogP contribution in [0.3, 0.4) is 0 Å². The van der Waals surface area contributed by atoms with Crippen molar-refractivity contribution in [2.45, 2.75) is 26.3 Å². The van der Waals surface area contributed by atoms with Crippen molar-refractivity contribution in [3.8, 4) is 11.3 Å². The van der Waals surface area contributed by atoms with E-state index < -0.39 is 5.82 Å². The molecule has 6 rings (SSSR count). The number of anilines is 2. The number of nitrogens with one attached hydrogen (secondary N) is 1. The monoisotopic (exact) mass is 501 g/mol. The number of hydrogen-bond donors (Lipinski definition) is 1. The molecule has 0 aliphatic carbocycles. The number of fused-ring (bicyclic) bond motifs is 2. The molecule has 0 bridgehead atoms. The molecule has 2 unspecified atom stereocenters. The van der Waals surface area contributed by atoms with Crippen molar-refractivity contribution < 1.29 is 4.39 Å². The molecule has 2 aliphatic rings. The lowest BCUT2D eigenvalue weighted by molar-refractivity contribution is 0.272. The maximum Gasteiger partial charge on any atom is 0.229 e. The third-order valence-corrected chi connectivity index (χ3v) is 7.52. The van der Waals surface area contributed by atoms with Gasteiger partial charge in [-0.15, -0.1) is 0 Å². The first-order chi connectivity index (χ1) is 17.8. The van der Waals surface area contributed by atoms with Gasteiger partial charge in [-0.2, -0.15) is 5.10 Å². The zero-order valence-electron chi connectivity index (χ0n) is 21.7. The van der Waals surface area contributed by atoms with E-state index >= 15 is 0 Å². The van der Waals surface area contributed by atoms with Crippen molar-refractivity contribution >= 4 is 22.8 Å². The molecule has 2 atom stereocenters. The van der Waals surface area contributed by atoms with Crippen molar-refractivity contribution in [1.82, 2.24) is 39.5 Å². The van der Waals surface area contributed by atoms with Gasteiger partial charge in [0.1, 0.15) is 11.5 Å². The SMILES string of the molecule is CC(C)c1c2cc(-c3nc(Nc4ccc(CN5CC6CN(C)CC6C5)cn4)ncc3F)cnc2nn1C. The van der Waals surface area contributed by atoms with Crippen LogP contribution in [0.4, 0.5) is 16.2 Å². The van der Waals surface area contributed by atoms with Crippen LogP contribution in [0.15, 0.2) is 36.8 Å². The Morgan fingerprint density at radius 3 is 2.49 bits per heavy atom. The second kappa shape index (κ2) is 9.42. The van der Waals surface area contributed by atoms with E-state index in [0.29, 0.717) is 17.0 Å². The van der Waals surface area contributed by atoms with Crippen LogP contribution in [0.25, 0.3) is 22.3 Å². The van der Waals surface area contributed by atoms with Crippen molar-refractivity contribution in [3.05, 3.63) is 53.9 Å². The predicted molar refractivity (Wildman–Crippen MR) is 141 cm³/mol. The van der Waals surface area contributed by atoms with Crippen LogP contribution in [0.2, 0.25) is 0 Å². The molecule has 6 heterocycles. The first-order valence-electron chi connectivity index (χ1n) is 12.8. The van der Waals surface area contributed by atoms with E-state index in [4.69, 9.17) is 0 Å². The van der Waals surface area contributed by atoms with Gasteiger partial charge in [-0.05, 0) is 42.5 Å². The van der Waals surface area contributed by atoms with Gasteiger partial charge in [0, 0.05) is 63.1 Å². The fraction of sp³-hybridized carbons (Fsp3) is 0.444. The first-order valence-corrected chi connectivity index (χ1v) is 12.8. The molecule has 1 N–H and O–H groups in total. The van der Waals surface area contributed by atoms with E-state index in [0.717, 1.165) is 42.6 Å². The second-order valence-corrected chi connectivity index (χ2v) is 10.8. The van der Waals surface area contributed by atoms with Crippen LogP contribution in [0.1, 0.15) is 31.0 Å². The van der Waals surface area contributed by atoms with Crippen LogP contribution in [0, 0.1) is 17.7 Å². The Labute approximate surface area is 215 Å². The number of hydrogen-bond acceptors (Lipinski definition) is 8. The van der Waals surface area contributed by atoms with Crippen molar-refractivity contribution in [2.75, 3.05) is 38.5 Å². The predicted octanol–water partition coefficient (Wildman–Crippen LogP) is 3.82. The molecule has 0 saturated carbocycles. The summed E-state index contributed by atoms with van der Waals surface area (Å²) in [6, 6.07) is 5.90. The number of aromatic nitrogens is 6. The largest absolute Gasteiger partial charge is 0.309 e. The van der Waals surface area contributed by atoms with Crippen LogP contribution >= 0.6 is 0 Å². The molecule has 192 valence electrons. The van der Waals surface area contributed by atoms with Gasteiger partial charge in [-0.3, -0.25) is 9.58 Å². The van der Waals surface area contributed by atoms with E-state index in [1.807, 2.05) is 30.1 Å². The maximum atomic E-state index is 14.8. The number of likely N-dealkylation sites (tertiary alicyclic amines) is 2. The van der Waals surface area contributed by atoms with E-state index in [2.05, 4.69) is 67.1 Å². The molecule has 37 heavy (non-hydrogen) atoms. The smallest absolute Gasteiger partial charge is 0.229 e. The highest BCUT2D eigenvalue weighted by atomic mass is 19.1. The number of halogens is 1. The molecule has 0 amide bonds. The second-order valence-electron chi connectivity index (χ2n) is 10.8. The summed E-state index contributed by atoms with van der Waals surface area (Å²) in [5, 5.41) is 8.49. The molecule has 2 fully saturated rings. The van der Waals surface area contributed by atoms with Crippen molar-refractivity contribution in [3.63, 3.8) is 0 Å². The molecule has 2 saturated heterocycles. The van der Waals surface area contributed by atoms with Gasteiger partial charge in [0.15, 0.2) is 11.5 Å². The van der Waals surface area contributed by atoms with E-state index in [1.54, 1.807) is 6.20 Å². The molecule has 4 aromatic heterocycles. The average molecular weight is 502 g/mol. The van der Waals surface area contributed by atoms with Crippen LogP contribution < -0.4 is 5.32 Å². The molecule has 0 radical (unpaired) electrons. The van der Waals surface area contributed by atoms with Crippen LogP contribution in [0.5, 0.6) is 0 Å². The molecular formula is C27H32FN9. The summed E-state index contributed by atoms with van der Waals surface area (Å²) in [7, 11) is 4.11. The molecule has 10 heteroatoms. The van der Waals surface area contributed by atoms with Crippen LogP contribution in [-0.4, -0.2) is 72.7 Å². The fourth-order valence-corrected chi connectivity index (χ4v) is 5.96. The average Bonchev–Trinajstić information content (AvgIpc) is 3.50. The van der Waals surface area contributed by atoms with Gasteiger partial charge >= 0.3 is 0 Å². The minimum atomic E-state index is -0.508. The lowest BCUT2D eigenvalue weighted by Crippen LogP contribution is -2.26. The zero-order valence-corrected chi connectivity index (χ0v) is 21.7. The molecule has 9 nitrogen and oxygen atoms in total. The van der Waals surface area contributed by atoms with Gasteiger partial charge in [0.05, 0.1) is 11.9 Å². The van der Waals surface area contributed by atoms with Crippen LogP contribution in [-0.2, 0) is 13.6 Å². The molecule has 0 spiro atoms. The summed E-state index contributed by atoms with van der Waals surface area (Å²) in [6.45, 7) is 9.82. The Bertz CT molecular complexity index is 1420. The highest BCUT2D eigenvalue weighted by Gasteiger charge is 2.38. The quantitative estimate of drug-likeness (QED) is 0.427. The van der Waals surface area contributed by atoms with E-state index in [-0.39, 0.29) is 17.6 Å². The molecule has 2 aliphatic heterocycles. The summed E-state index contributed by atoms with van der Waals surface area (Å²) < 4.78 is 16.6. The highest BCUT2D eigenvalue weighted by Crippen LogP contribution is 2.31. The van der Waals surface area contributed by atoms with Crippen molar-refractivity contribution in [1.29, 1.82) is 0 Å². The third kappa shape index (κ3) is 4.67. The highest BCUT2D eigenvalue weighted by molar-refractivity contribution is 5.83. The lowest BCUT2D eigenvalue weighted by Gasteiger charge is -2.19. The summed E-state index contributed by atoms with van der Waals surface area (Å²) >= 11 is 0. The number of rotatable bonds is 6. The normalized spacial score (nSPS) is 20.3. The molecular weight excluding hydrogens is 469 g/mol. The fourth-order valence-electron chi connectivity index (χ4n) is 5.96. The Morgan fingerprint density at radius 2 is 1.78 bits per heavy atom.